The zero-order valence-corrected chi connectivity index (χ0v) is 12.2. The topological polar surface area (TPSA) is 21.3 Å². The lowest BCUT2D eigenvalue weighted by molar-refractivity contribution is 0.363. The highest BCUT2D eigenvalue weighted by atomic mass is 16.5. The first-order valence-electron chi connectivity index (χ1n) is 7.50. The average molecular weight is 279 g/mol. The van der Waals surface area contributed by atoms with E-state index in [-0.39, 0.29) is 0 Å². The normalized spacial score (nSPS) is 16.5. The predicted molar refractivity (Wildman–Crippen MR) is 86.5 cm³/mol. The molecule has 1 unspecified atom stereocenters. The summed E-state index contributed by atoms with van der Waals surface area (Å²) >= 11 is 0. The van der Waals surface area contributed by atoms with Crippen LogP contribution >= 0.6 is 0 Å². The lowest BCUT2D eigenvalue weighted by Gasteiger charge is -2.14. The zero-order valence-electron chi connectivity index (χ0n) is 12.2. The van der Waals surface area contributed by atoms with Crippen LogP contribution in [-0.2, 0) is 13.0 Å². The van der Waals surface area contributed by atoms with E-state index in [2.05, 4.69) is 48.3 Å². The van der Waals surface area contributed by atoms with E-state index in [9.17, 15) is 0 Å². The SMILES string of the molecule is C=CCOc1ccc(CNC2CCc3ccccc32)cc1. The number of ether oxygens (including phenoxy) is 1. The molecule has 0 heterocycles. The molecule has 1 atom stereocenters. The first-order valence-corrected chi connectivity index (χ1v) is 7.50. The van der Waals surface area contributed by atoms with Gasteiger partial charge in [0.15, 0.2) is 0 Å². The summed E-state index contributed by atoms with van der Waals surface area (Å²) in [6, 6.07) is 17.5. The van der Waals surface area contributed by atoms with Gasteiger partial charge in [-0.15, -0.1) is 0 Å². The highest BCUT2D eigenvalue weighted by Gasteiger charge is 2.20. The molecule has 21 heavy (non-hydrogen) atoms. The molecule has 0 bridgehead atoms. The van der Waals surface area contributed by atoms with Gasteiger partial charge in [0.25, 0.3) is 0 Å². The Morgan fingerprint density at radius 2 is 1.95 bits per heavy atom. The lowest BCUT2D eigenvalue weighted by atomic mass is 10.1. The number of hydrogen-bond donors (Lipinski definition) is 1. The second-order valence-electron chi connectivity index (χ2n) is 5.41. The Kier molecular flexibility index (Phi) is 4.37. The quantitative estimate of drug-likeness (QED) is 0.806. The minimum Gasteiger partial charge on any atom is -0.490 e. The first-order chi connectivity index (χ1) is 10.4. The highest BCUT2D eigenvalue weighted by Crippen LogP contribution is 2.30. The third-order valence-corrected chi connectivity index (χ3v) is 3.98. The van der Waals surface area contributed by atoms with Crippen LogP contribution in [0.2, 0.25) is 0 Å². The largest absolute Gasteiger partial charge is 0.490 e. The molecule has 1 N–H and O–H groups in total. The molecule has 1 aliphatic carbocycles. The lowest BCUT2D eigenvalue weighted by Crippen LogP contribution is -2.18. The van der Waals surface area contributed by atoms with Gasteiger partial charge in [-0.3, -0.25) is 0 Å². The molecule has 2 heteroatoms. The predicted octanol–water partition coefficient (Wildman–Crippen LogP) is 4.03. The summed E-state index contributed by atoms with van der Waals surface area (Å²) in [5.74, 6) is 0.893. The summed E-state index contributed by atoms with van der Waals surface area (Å²) < 4.78 is 5.50. The molecule has 0 spiro atoms. The number of rotatable bonds is 6. The minimum atomic E-state index is 0.484. The van der Waals surface area contributed by atoms with Crippen molar-refractivity contribution in [3.63, 3.8) is 0 Å². The van der Waals surface area contributed by atoms with Crippen molar-refractivity contribution in [2.75, 3.05) is 6.61 Å². The smallest absolute Gasteiger partial charge is 0.119 e. The number of hydrogen-bond acceptors (Lipinski definition) is 2. The molecule has 2 nitrogen and oxygen atoms in total. The highest BCUT2D eigenvalue weighted by molar-refractivity contribution is 5.34. The summed E-state index contributed by atoms with van der Waals surface area (Å²) in [7, 11) is 0. The van der Waals surface area contributed by atoms with Crippen molar-refractivity contribution in [3.05, 3.63) is 77.9 Å². The van der Waals surface area contributed by atoms with Crippen LogP contribution in [0.5, 0.6) is 5.75 Å². The molecule has 1 aliphatic rings. The van der Waals surface area contributed by atoms with E-state index in [1.165, 1.54) is 29.5 Å². The first kappa shape index (κ1) is 13.9. The third-order valence-electron chi connectivity index (χ3n) is 3.98. The maximum atomic E-state index is 5.50. The number of aryl methyl sites for hydroxylation is 1. The standard InChI is InChI=1S/C19H21NO/c1-2-13-21-17-10-7-15(8-11-17)14-20-19-12-9-16-5-3-4-6-18(16)19/h2-8,10-11,19-20H,1,9,12-14H2. The maximum absolute atomic E-state index is 5.50. The van der Waals surface area contributed by atoms with Gasteiger partial charge in [0.2, 0.25) is 0 Å². The van der Waals surface area contributed by atoms with Crippen LogP contribution < -0.4 is 10.1 Å². The van der Waals surface area contributed by atoms with Crippen molar-refractivity contribution in [2.45, 2.75) is 25.4 Å². The van der Waals surface area contributed by atoms with Crippen LogP contribution in [0.25, 0.3) is 0 Å². The molecule has 0 aliphatic heterocycles. The number of benzene rings is 2. The van der Waals surface area contributed by atoms with Crippen LogP contribution in [-0.4, -0.2) is 6.61 Å². The van der Waals surface area contributed by atoms with Gasteiger partial charge >= 0.3 is 0 Å². The van der Waals surface area contributed by atoms with Crippen molar-refractivity contribution in [1.29, 1.82) is 0 Å². The fraction of sp³-hybridized carbons (Fsp3) is 0.263. The van der Waals surface area contributed by atoms with Crippen molar-refractivity contribution in [2.24, 2.45) is 0 Å². The number of nitrogens with one attached hydrogen (secondary N) is 1. The van der Waals surface area contributed by atoms with Crippen LogP contribution in [0.15, 0.2) is 61.2 Å². The van der Waals surface area contributed by atoms with E-state index in [1.807, 2.05) is 12.1 Å². The zero-order chi connectivity index (χ0) is 14.5. The van der Waals surface area contributed by atoms with Gasteiger partial charge in [-0.2, -0.15) is 0 Å². The fourth-order valence-corrected chi connectivity index (χ4v) is 2.87. The molecule has 108 valence electrons. The summed E-state index contributed by atoms with van der Waals surface area (Å²) in [6.45, 7) is 5.09. The van der Waals surface area contributed by atoms with Crippen LogP contribution in [0.1, 0.15) is 29.2 Å². The van der Waals surface area contributed by atoms with Gasteiger partial charge in [0.1, 0.15) is 12.4 Å². The Hall–Kier alpha value is -2.06. The molecular formula is C19H21NO. The maximum Gasteiger partial charge on any atom is 0.119 e. The van der Waals surface area contributed by atoms with E-state index in [4.69, 9.17) is 4.74 Å². The second kappa shape index (κ2) is 6.59. The average Bonchev–Trinajstić information content (AvgIpc) is 2.95. The van der Waals surface area contributed by atoms with E-state index in [0.717, 1.165) is 12.3 Å². The summed E-state index contributed by atoms with van der Waals surface area (Å²) in [4.78, 5) is 0. The van der Waals surface area contributed by atoms with Gasteiger partial charge in [-0.25, -0.2) is 0 Å². The molecule has 2 aromatic rings. The van der Waals surface area contributed by atoms with E-state index < -0.39 is 0 Å². The van der Waals surface area contributed by atoms with Gasteiger partial charge in [0.05, 0.1) is 0 Å². The van der Waals surface area contributed by atoms with Crippen molar-refractivity contribution < 1.29 is 4.74 Å². The van der Waals surface area contributed by atoms with Gasteiger partial charge in [-0.05, 0) is 41.7 Å². The fourth-order valence-electron chi connectivity index (χ4n) is 2.87. The number of fused-ring (bicyclic) bond motifs is 1. The molecule has 0 amide bonds. The Morgan fingerprint density at radius 3 is 2.76 bits per heavy atom. The Bertz CT molecular complexity index is 603. The Balaban J connectivity index is 1.57. The van der Waals surface area contributed by atoms with Gasteiger partial charge in [0, 0.05) is 12.6 Å². The van der Waals surface area contributed by atoms with Crippen LogP contribution in [0.3, 0.4) is 0 Å². The molecule has 0 aromatic heterocycles. The van der Waals surface area contributed by atoms with E-state index in [0.29, 0.717) is 12.6 Å². The molecular weight excluding hydrogens is 258 g/mol. The second-order valence-corrected chi connectivity index (χ2v) is 5.41. The monoisotopic (exact) mass is 279 g/mol. The minimum absolute atomic E-state index is 0.484. The molecule has 0 fully saturated rings. The molecule has 0 saturated heterocycles. The van der Waals surface area contributed by atoms with Crippen LogP contribution in [0, 0.1) is 0 Å². The molecule has 2 aromatic carbocycles. The van der Waals surface area contributed by atoms with E-state index >= 15 is 0 Å². The summed E-state index contributed by atoms with van der Waals surface area (Å²) in [5.41, 5.74) is 4.23. The van der Waals surface area contributed by atoms with Crippen molar-refractivity contribution >= 4 is 0 Å². The summed E-state index contributed by atoms with van der Waals surface area (Å²) in [5, 5.41) is 3.66. The Labute approximate surface area is 126 Å². The van der Waals surface area contributed by atoms with E-state index in [1.54, 1.807) is 6.08 Å². The van der Waals surface area contributed by atoms with Crippen LogP contribution in [0.4, 0.5) is 0 Å². The van der Waals surface area contributed by atoms with Crippen molar-refractivity contribution in [1.82, 2.24) is 5.32 Å². The Morgan fingerprint density at radius 1 is 1.14 bits per heavy atom. The van der Waals surface area contributed by atoms with Gasteiger partial charge in [-0.1, -0.05) is 49.1 Å². The van der Waals surface area contributed by atoms with Crippen molar-refractivity contribution in [3.8, 4) is 5.75 Å². The summed E-state index contributed by atoms with van der Waals surface area (Å²) in [6.07, 6.45) is 4.13. The molecule has 0 radical (unpaired) electrons. The van der Waals surface area contributed by atoms with Gasteiger partial charge < -0.3 is 10.1 Å². The third kappa shape index (κ3) is 3.34. The molecule has 3 rings (SSSR count). The molecule has 0 saturated carbocycles.